The molecule has 0 bridgehead atoms. The Hall–Kier alpha value is -0.800. The number of hydrogen-bond acceptors (Lipinski definition) is 2. The molecule has 0 radical (unpaired) electrons. The minimum atomic E-state index is -0.200. The minimum absolute atomic E-state index is 0.200. The van der Waals surface area contributed by atoms with Gasteiger partial charge in [0, 0.05) is 17.8 Å². The van der Waals surface area contributed by atoms with Crippen LogP contribution in [0.5, 0.6) is 0 Å². The van der Waals surface area contributed by atoms with Crippen molar-refractivity contribution in [2.24, 2.45) is 0 Å². The zero-order valence-electron chi connectivity index (χ0n) is 6.08. The third kappa shape index (κ3) is 2.36. The number of hydrogen-bond donors (Lipinski definition) is 0. The maximum atomic E-state index is 11.0. The first-order chi connectivity index (χ1) is 5.74. The molecule has 0 amide bonds. The molecule has 0 saturated heterocycles. The molecule has 0 aliphatic carbocycles. The highest BCUT2D eigenvalue weighted by atomic mass is 35.5. The summed E-state index contributed by atoms with van der Waals surface area (Å²) >= 11 is 10.9. The third-order valence-corrected chi connectivity index (χ3v) is 1.81. The largest absolute Gasteiger partial charge is 0.268 e. The van der Waals surface area contributed by atoms with Crippen molar-refractivity contribution in [3.05, 3.63) is 39.3 Å². The van der Waals surface area contributed by atoms with E-state index in [1.165, 1.54) is 22.5 Å². The van der Waals surface area contributed by atoms with Gasteiger partial charge in [0.2, 0.25) is 0 Å². The van der Waals surface area contributed by atoms with Gasteiger partial charge < -0.3 is 0 Å². The van der Waals surface area contributed by atoms with E-state index in [-0.39, 0.29) is 12.1 Å². The molecule has 12 heavy (non-hydrogen) atoms. The van der Waals surface area contributed by atoms with Crippen LogP contribution in [0.4, 0.5) is 0 Å². The summed E-state index contributed by atoms with van der Waals surface area (Å²) < 4.78 is 1.22. The van der Waals surface area contributed by atoms with Gasteiger partial charge in [-0.2, -0.15) is 5.10 Å². The number of aromatic nitrogens is 2. The van der Waals surface area contributed by atoms with Crippen LogP contribution < -0.4 is 5.56 Å². The van der Waals surface area contributed by atoms with E-state index < -0.39 is 0 Å². The Morgan fingerprint density at radius 2 is 2.50 bits per heavy atom. The van der Waals surface area contributed by atoms with Gasteiger partial charge in [-0.15, -0.1) is 0 Å². The molecule has 0 aliphatic rings. The van der Waals surface area contributed by atoms with Crippen molar-refractivity contribution in [3.8, 4) is 0 Å². The van der Waals surface area contributed by atoms with Crippen molar-refractivity contribution >= 4 is 23.2 Å². The number of rotatable bonds is 2. The monoisotopic (exact) mass is 204 g/mol. The summed E-state index contributed by atoms with van der Waals surface area (Å²) in [6.45, 7) is 0.213. The van der Waals surface area contributed by atoms with Crippen molar-refractivity contribution in [2.75, 3.05) is 0 Å². The fraction of sp³-hybridized carbons (Fsp3) is 0.143. The fourth-order valence-electron chi connectivity index (χ4n) is 0.684. The van der Waals surface area contributed by atoms with Gasteiger partial charge in [0.1, 0.15) is 0 Å². The minimum Gasteiger partial charge on any atom is -0.268 e. The summed E-state index contributed by atoms with van der Waals surface area (Å²) in [7, 11) is 0. The van der Waals surface area contributed by atoms with Gasteiger partial charge in [-0.3, -0.25) is 4.79 Å². The van der Waals surface area contributed by atoms with Gasteiger partial charge in [-0.1, -0.05) is 23.2 Å². The van der Waals surface area contributed by atoms with E-state index in [0.29, 0.717) is 5.03 Å². The van der Waals surface area contributed by atoms with Crippen LogP contribution in [-0.4, -0.2) is 9.78 Å². The summed E-state index contributed by atoms with van der Waals surface area (Å²) in [5.74, 6) is 0. The molecule has 64 valence electrons. The van der Waals surface area contributed by atoms with Crippen LogP contribution >= 0.6 is 23.2 Å². The van der Waals surface area contributed by atoms with Crippen LogP contribution in [0.1, 0.15) is 0 Å². The zero-order valence-corrected chi connectivity index (χ0v) is 7.59. The summed E-state index contributed by atoms with van der Waals surface area (Å²) in [5, 5.41) is 4.16. The van der Waals surface area contributed by atoms with Crippen LogP contribution in [0.3, 0.4) is 0 Å². The highest BCUT2D eigenvalue weighted by molar-refractivity contribution is 6.36. The molecule has 0 saturated carbocycles. The maximum Gasteiger partial charge on any atom is 0.267 e. The SMILES string of the molecule is O=c1cccnn1C/C(Cl)=C\Cl. The van der Waals surface area contributed by atoms with Gasteiger partial charge >= 0.3 is 0 Å². The molecule has 0 unspecified atom stereocenters. The standard InChI is InChI=1S/C7H6Cl2N2O/c8-4-6(9)5-11-7(12)2-1-3-10-11/h1-4H,5H2/b6-4+. The lowest BCUT2D eigenvalue weighted by molar-refractivity contribution is 0.645. The first-order valence-corrected chi connectivity index (χ1v) is 4.02. The molecule has 0 aliphatic heterocycles. The Bertz CT molecular complexity index is 345. The molecule has 0 atom stereocenters. The molecule has 1 aromatic rings. The molecule has 1 aromatic heterocycles. The smallest absolute Gasteiger partial charge is 0.267 e. The van der Waals surface area contributed by atoms with Gasteiger partial charge in [0.15, 0.2) is 0 Å². The van der Waals surface area contributed by atoms with Crippen LogP contribution in [0.15, 0.2) is 33.7 Å². The molecule has 0 spiro atoms. The average molecular weight is 205 g/mol. The molecular weight excluding hydrogens is 199 g/mol. The highest BCUT2D eigenvalue weighted by Gasteiger charge is 1.96. The summed E-state index contributed by atoms with van der Waals surface area (Å²) in [6, 6.07) is 2.97. The molecule has 0 N–H and O–H groups in total. The quantitative estimate of drug-likeness (QED) is 0.734. The topological polar surface area (TPSA) is 34.9 Å². The molecule has 3 nitrogen and oxygen atoms in total. The van der Waals surface area contributed by atoms with E-state index >= 15 is 0 Å². The van der Waals surface area contributed by atoms with Crippen LogP contribution in [0.25, 0.3) is 0 Å². The van der Waals surface area contributed by atoms with E-state index in [0.717, 1.165) is 0 Å². The predicted octanol–water partition coefficient (Wildman–Crippen LogP) is 1.56. The first-order valence-electron chi connectivity index (χ1n) is 3.21. The molecule has 0 aromatic carbocycles. The normalized spacial score (nSPS) is 11.7. The number of nitrogens with zero attached hydrogens (tertiary/aromatic N) is 2. The zero-order chi connectivity index (χ0) is 8.97. The van der Waals surface area contributed by atoms with Crippen molar-refractivity contribution in [3.63, 3.8) is 0 Å². The molecule has 5 heteroatoms. The lowest BCUT2D eigenvalue weighted by Crippen LogP contribution is -2.21. The molecule has 0 fully saturated rings. The third-order valence-electron chi connectivity index (χ3n) is 1.20. The van der Waals surface area contributed by atoms with Crippen molar-refractivity contribution in [1.82, 2.24) is 9.78 Å². The second kappa shape index (κ2) is 4.28. The second-order valence-corrected chi connectivity index (χ2v) is 2.78. The Morgan fingerprint density at radius 1 is 1.75 bits per heavy atom. The van der Waals surface area contributed by atoms with Crippen molar-refractivity contribution < 1.29 is 0 Å². The highest BCUT2D eigenvalue weighted by Crippen LogP contribution is 2.03. The van der Waals surface area contributed by atoms with Gasteiger partial charge in [0.05, 0.1) is 11.6 Å². The van der Waals surface area contributed by atoms with Crippen LogP contribution in [0, 0.1) is 0 Å². The fourth-order valence-corrected chi connectivity index (χ4v) is 0.866. The lowest BCUT2D eigenvalue weighted by Gasteiger charge is -1.99. The Morgan fingerprint density at radius 3 is 3.08 bits per heavy atom. The molecule has 1 rings (SSSR count). The van der Waals surface area contributed by atoms with E-state index in [2.05, 4.69) is 5.10 Å². The first kappa shape index (κ1) is 9.29. The predicted molar refractivity (Wildman–Crippen MR) is 48.3 cm³/mol. The average Bonchev–Trinajstić information content (AvgIpc) is 2.09. The Balaban J connectivity index is 2.90. The second-order valence-electron chi connectivity index (χ2n) is 2.08. The van der Waals surface area contributed by atoms with Gasteiger partial charge in [-0.05, 0) is 6.07 Å². The van der Waals surface area contributed by atoms with Gasteiger partial charge in [0.25, 0.3) is 5.56 Å². The number of halogens is 2. The summed E-state index contributed by atoms with van der Waals surface area (Å²) in [5.41, 5.74) is 1.01. The van der Waals surface area contributed by atoms with E-state index in [1.807, 2.05) is 0 Å². The van der Waals surface area contributed by atoms with E-state index in [9.17, 15) is 4.79 Å². The van der Waals surface area contributed by atoms with Crippen LogP contribution in [0.2, 0.25) is 0 Å². The molecular formula is C7H6Cl2N2O. The van der Waals surface area contributed by atoms with E-state index in [4.69, 9.17) is 23.2 Å². The van der Waals surface area contributed by atoms with Crippen LogP contribution in [-0.2, 0) is 6.54 Å². The maximum absolute atomic E-state index is 11.0. The Kier molecular flexibility index (Phi) is 3.31. The van der Waals surface area contributed by atoms with Gasteiger partial charge in [-0.25, -0.2) is 4.68 Å². The lowest BCUT2D eigenvalue weighted by atomic mass is 10.5. The Labute approximate surface area is 79.2 Å². The van der Waals surface area contributed by atoms with Crippen molar-refractivity contribution in [1.29, 1.82) is 0 Å². The molecule has 1 heterocycles. The van der Waals surface area contributed by atoms with E-state index in [1.54, 1.807) is 6.07 Å². The summed E-state index contributed by atoms with van der Waals surface area (Å²) in [4.78, 5) is 11.0. The summed E-state index contributed by atoms with van der Waals surface area (Å²) in [6.07, 6.45) is 1.51. The number of allylic oxidation sites excluding steroid dienone is 1. The van der Waals surface area contributed by atoms with Crippen molar-refractivity contribution in [2.45, 2.75) is 6.54 Å².